The van der Waals surface area contributed by atoms with Gasteiger partial charge in [0.1, 0.15) is 5.60 Å². The Kier molecular flexibility index (Phi) is 6.09. The molecule has 2 rings (SSSR count). The molecule has 128 valence electrons. The first-order chi connectivity index (χ1) is 10.3. The highest BCUT2D eigenvalue weighted by Crippen LogP contribution is 2.21. The highest BCUT2D eigenvalue weighted by Gasteiger charge is 2.28. The van der Waals surface area contributed by atoms with E-state index in [2.05, 4.69) is 22.6 Å². The van der Waals surface area contributed by atoms with E-state index in [9.17, 15) is 4.79 Å². The molecule has 0 spiro atoms. The van der Waals surface area contributed by atoms with Gasteiger partial charge in [-0.05, 0) is 78.9 Å². The Balaban J connectivity index is 1.64. The van der Waals surface area contributed by atoms with E-state index in [4.69, 9.17) is 4.74 Å². The summed E-state index contributed by atoms with van der Waals surface area (Å²) in [7, 11) is 2.21. The zero-order chi connectivity index (χ0) is 16.2. The molecule has 0 radical (unpaired) electrons. The summed E-state index contributed by atoms with van der Waals surface area (Å²) in [5.74, 6) is 0.775. The van der Waals surface area contributed by atoms with Crippen LogP contribution in [0.4, 0.5) is 4.79 Å². The lowest BCUT2D eigenvalue weighted by Crippen LogP contribution is -2.41. The summed E-state index contributed by atoms with van der Waals surface area (Å²) in [6, 6.07) is 0.786. The van der Waals surface area contributed by atoms with E-state index in [1.165, 1.54) is 25.9 Å². The van der Waals surface area contributed by atoms with Gasteiger partial charge in [0.15, 0.2) is 0 Å². The minimum atomic E-state index is -0.423. The number of carbonyl (C=O) groups is 1. The van der Waals surface area contributed by atoms with Gasteiger partial charge in [-0.2, -0.15) is 0 Å². The minimum Gasteiger partial charge on any atom is -0.444 e. The quantitative estimate of drug-likeness (QED) is 0.837. The fourth-order valence-electron chi connectivity index (χ4n) is 3.55. The van der Waals surface area contributed by atoms with E-state index in [1.54, 1.807) is 0 Å². The van der Waals surface area contributed by atoms with Crippen LogP contribution in [0, 0.1) is 5.92 Å². The molecule has 0 aromatic heterocycles. The van der Waals surface area contributed by atoms with Crippen molar-refractivity contribution in [1.82, 2.24) is 15.5 Å². The summed E-state index contributed by atoms with van der Waals surface area (Å²) >= 11 is 0. The second kappa shape index (κ2) is 7.64. The molecule has 3 unspecified atom stereocenters. The van der Waals surface area contributed by atoms with Gasteiger partial charge in [-0.1, -0.05) is 0 Å². The lowest BCUT2D eigenvalue weighted by Gasteiger charge is -2.30. The minimum absolute atomic E-state index is 0.251. The first-order valence-electron chi connectivity index (χ1n) is 8.73. The van der Waals surface area contributed by atoms with E-state index < -0.39 is 5.60 Å². The third-order valence-corrected chi connectivity index (χ3v) is 4.57. The number of nitrogens with one attached hydrogen (secondary N) is 2. The fraction of sp³-hybridized carbons (Fsp3) is 0.941. The molecule has 1 amide bonds. The van der Waals surface area contributed by atoms with Crippen LogP contribution in [0.5, 0.6) is 0 Å². The Bertz CT molecular complexity index is 367. The number of likely N-dealkylation sites (tertiary alicyclic amines) is 1. The first-order valence-corrected chi connectivity index (χ1v) is 8.73. The Morgan fingerprint density at radius 1 is 1.23 bits per heavy atom. The summed E-state index contributed by atoms with van der Waals surface area (Å²) < 4.78 is 5.33. The van der Waals surface area contributed by atoms with Crippen molar-refractivity contribution in [2.24, 2.45) is 5.92 Å². The average Bonchev–Trinajstić information content (AvgIpc) is 2.81. The van der Waals surface area contributed by atoms with E-state index in [1.807, 2.05) is 20.8 Å². The van der Waals surface area contributed by atoms with Gasteiger partial charge in [0.2, 0.25) is 0 Å². The van der Waals surface area contributed by atoms with Crippen LogP contribution in [-0.4, -0.2) is 55.4 Å². The van der Waals surface area contributed by atoms with Crippen molar-refractivity contribution in [3.63, 3.8) is 0 Å². The summed E-state index contributed by atoms with van der Waals surface area (Å²) in [6.07, 6.45) is 5.57. The van der Waals surface area contributed by atoms with Gasteiger partial charge in [0.25, 0.3) is 0 Å². The second-order valence-corrected chi connectivity index (χ2v) is 8.03. The normalized spacial score (nSPS) is 30.3. The van der Waals surface area contributed by atoms with E-state index in [0.717, 1.165) is 31.7 Å². The van der Waals surface area contributed by atoms with E-state index >= 15 is 0 Å². The highest BCUT2D eigenvalue weighted by molar-refractivity contribution is 5.68. The molecule has 0 bridgehead atoms. The second-order valence-electron chi connectivity index (χ2n) is 8.03. The Hall–Kier alpha value is -0.810. The maximum atomic E-state index is 11.8. The lowest BCUT2D eigenvalue weighted by molar-refractivity contribution is 0.0505. The lowest BCUT2D eigenvalue weighted by atomic mass is 9.98. The predicted octanol–water partition coefficient (Wildman–Crippen LogP) is 2.36. The smallest absolute Gasteiger partial charge is 0.407 e. The molecule has 1 aliphatic heterocycles. The molecule has 3 atom stereocenters. The first kappa shape index (κ1) is 17.5. The van der Waals surface area contributed by atoms with Gasteiger partial charge >= 0.3 is 6.09 Å². The van der Waals surface area contributed by atoms with Gasteiger partial charge in [-0.3, -0.25) is 0 Å². The molecule has 0 aromatic carbocycles. The molecule has 1 aliphatic carbocycles. The fourth-order valence-corrected chi connectivity index (χ4v) is 3.55. The number of rotatable bonds is 4. The van der Waals surface area contributed by atoms with Gasteiger partial charge in [-0.25, -0.2) is 4.79 Å². The summed E-state index contributed by atoms with van der Waals surface area (Å²) in [4.78, 5) is 14.2. The van der Waals surface area contributed by atoms with Crippen LogP contribution in [0.15, 0.2) is 0 Å². The summed E-state index contributed by atoms with van der Waals surface area (Å²) in [5.41, 5.74) is -0.423. The zero-order valence-electron chi connectivity index (χ0n) is 14.7. The van der Waals surface area contributed by atoms with E-state index in [0.29, 0.717) is 6.04 Å². The molecule has 5 heteroatoms. The SMILES string of the molecule is CN1CCCC(CNC2CCC(NC(=O)OC(C)(C)C)C2)C1. The number of alkyl carbamates (subject to hydrolysis) is 1. The highest BCUT2D eigenvalue weighted by atomic mass is 16.6. The van der Waals surface area contributed by atoms with Crippen molar-refractivity contribution < 1.29 is 9.53 Å². The van der Waals surface area contributed by atoms with Gasteiger partial charge in [0, 0.05) is 18.6 Å². The molecule has 2 N–H and O–H groups in total. The number of piperidine rings is 1. The molecule has 5 nitrogen and oxygen atoms in total. The molecule has 0 aromatic rings. The zero-order valence-corrected chi connectivity index (χ0v) is 14.7. The number of amides is 1. The van der Waals surface area contributed by atoms with Gasteiger partial charge < -0.3 is 20.3 Å². The topological polar surface area (TPSA) is 53.6 Å². The van der Waals surface area contributed by atoms with Crippen molar-refractivity contribution in [1.29, 1.82) is 0 Å². The summed E-state index contributed by atoms with van der Waals surface area (Å²) in [5, 5.41) is 6.71. The summed E-state index contributed by atoms with van der Waals surface area (Å²) in [6.45, 7) is 9.24. The van der Waals surface area contributed by atoms with Crippen LogP contribution < -0.4 is 10.6 Å². The molecule has 1 saturated heterocycles. The maximum absolute atomic E-state index is 11.8. The third kappa shape index (κ3) is 6.13. The number of hydrogen-bond acceptors (Lipinski definition) is 4. The molecule has 2 fully saturated rings. The maximum Gasteiger partial charge on any atom is 0.407 e. The predicted molar refractivity (Wildman–Crippen MR) is 89.0 cm³/mol. The van der Waals surface area contributed by atoms with Crippen LogP contribution in [0.25, 0.3) is 0 Å². The van der Waals surface area contributed by atoms with Gasteiger partial charge in [0.05, 0.1) is 0 Å². The Morgan fingerprint density at radius 3 is 2.64 bits per heavy atom. The van der Waals surface area contributed by atoms with Gasteiger partial charge in [-0.15, -0.1) is 0 Å². The van der Waals surface area contributed by atoms with Crippen LogP contribution in [0.1, 0.15) is 52.9 Å². The van der Waals surface area contributed by atoms with Crippen molar-refractivity contribution in [3.8, 4) is 0 Å². The number of hydrogen-bond donors (Lipinski definition) is 2. The molecule has 1 heterocycles. The standard InChI is InChI=1S/C17H33N3O2/c1-17(2,3)22-16(21)19-15-8-7-14(10-15)18-11-13-6-5-9-20(4)12-13/h13-15,18H,5-12H2,1-4H3,(H,19,21). The number of ether oxygens (including phenoxy) is 1. The number of nitrogens with zero attached hydrogens (tertiary/aromatic N) is 1. The van der Waals surface area contributed by atoms with Crippen LogP contribution in [-0.2, 0) is 4.74 Å². The largest absolute Gasteiger partial charge is 0.444 e. The van der Waals surface area contributed by atoms with Crippen molar-refractivity contribution in [2.75, 3.05) is 26.7 Å². The number of carbonyl (C=O) groups excluding carboxylic acids is 1. The average molecular weight is 311 g/mol. The van der Waals surface area contributed by atoms with Crippen molar-refractivity contribution in [3.05, 3.63) is 0 Å². The Morgan fingerprint density at radius 2 is 1.95 bits per heavy atom. The molecular weight excluding hydrogens is 278 g/mol. The van der Waals surface area contributed by atoms with Crippen LogP contribution >= 0.6 is 0 Å². The van der Waals surface area contributed by atoms with Crippen LogP contribution in [0.2, 0.25) is 0 Å². The molecule has 1 saturated carbocycles. The van der Waals surface area contributed by atoms with Crippen molar-refractivity contribution in [2.45, 2.75) is 70.6 Å². The molecule has 2 aliphatic rings. The Labute approximate surface area is 135 Å². The third-order valence-electron chi connectivity index (χ3n) is 4.57. The van der Waals surface area contributed by atoms with Crippen LogP contribution in [0.3, 0.4) is 0 Å². The molecule has 22 heavy (non-hydrogen) atoms. The molecular formula is C17H33N3O2. The van der Waals surface area contributed by atoms with E-state index in [-0.39, 0.29) is 12.1 Å². The monoisotopic (exact) mass is 311 g/mol. The van der Waals surface area contributed by atoms with Crippen molar-refractivity contribution >= 4 is 6.09 Å².